The van der Waals surface area contributed by atoms with E-state index in [4.69, 9.17) is 9.47 Å². The van der Waals surface area contributed by atoms with Crippen molar-refractivity contribution in [2.75, 3.05) is 26.9 Å². The Morgan fingerprint density at radius 3 is 3.13 bits per heavy atom. The molecule has 5 heteroatoms. The van der Waals surface area contributed by atoms with Crippen molar-refractivity contribution in [3.63, 3.8) is 0 Å². The van der Waals surface area contributed by atoms with Gasteiger partial charge in [0, 0.05) is 26.0 Å². The van der Waals surface area contributed by atoms with Crippen LogP contribution in [0.2, 0.25) is 0 Å². The molecule has 0 radical (unpaired) electrons. The molecule has 86 valence electrons. The van der Waals surface area contributed by atoms with E-state index in [1.165, 1.54) is 0 Å². The molecule has 0 aromatic rings. The molecule has 1 aliphatic heterocycles. The van der Waals surface area contributed by atoms with Gasteiger partial charge in [-0.05, 0) is 12.8 Å². The summed E-state index contributed by atoms with van der Waals surface area (Å²) in [6.45, 7) is 1.37. The zero-order valence-electron chi connectivity index (χ0n) is 8.95. The average molecular weight is 215 g/mol. The predicted octanol–water partition coefficient (Wildman–Crippen LogP) is 0.0923. The van der Waals surface area contributed by atoms with Gasteiger partial charge in [-0.1, -0.05) is 0 Å². The van der Waals surface area contributed by atoms with Crippen LogP contribution in [-0.2, 0) is 19.1 Å². The molecule has 1 N–H and O–H groups in total. The second kappa shape index (κ2) is 6.40. The molecule has 5 nitrogen and oxygen atoms in total. The van der Waals surface area contributed by atoms with E-state index in [0.29, 0.717) is 39.0 Å². The zero-order valence-corrected chi connectivity index (χ0v) is 8.95. The number of cyclic esters (lactones) is 1. The molecule has 0 aromatic heterocycles. The Bertz CT molecular complexity index is 229. The second-order valence-corrected chi connectivity index (χ2v) is 3.53. The molecule has 1 aliphatic rings. The van der Waals surface area contributed by atoms with E-state index in [1.54, 1.807) is 7.11 Å². The van der Waals surface area contributed by atoms with Crippen molar-refractivity contribution in [2.24, 2.45) is 5.92 Å². The first-order chi connectivity index (χ1) is 7.24. The molecular formula is C10H17NO4. The summed E-state index contributed by atoms with van der Waals surface area (Å²) in [6, 6.07) is 0. The van der Waals surface area contributed by atoms with Gasteiger partial charge in [0.05, 0.1) is 13.2 Å². The smallest absolute Gasteiger partial charge is 0.305 e. The third-order valence-corrected chi connectivity index (χ3v) is 2.40. The van der Waals surface area contributed by atoms with Crippen molar-refractivity contribution in [1.82, 2.24) is 5.32 Å². The largest absolute Gasteiger partial charge is 0.466 e. The monoisotopic (exact) mass is 215 g/mol. The van der Waals surface area contributed by atoms with Gasteiger partial charge in [0.1, 0.15) is 0 Å². The van der Waals surface area contributed by atoms with E-state index in [0.717, 1.165) is 0 Å². The third kappa shape index (κ3) is 4.29. The Morgan fingerprint density at radius 1 is 1.60 bits per heavy atom. The van der Waals surface area contributed by atoms with Crippen LogP contribution < -0.4 is 5.32 Å². The lowest BCUT2D eigenvalue weighted by Gasteiger charge is -2.12. The minimum atomic E-state index is -0.206. The lowest BCUT2D eigenvalue weighted by Crippen LogP contribution is -2.33. The Labute approximate surface area is 89.1 Å². The predicted molar refractivity (Wildman–Crippen MR) is 53.2 cm³/mol. The first kappa shape index (κ1) is 12.0. The molecule has 1 unspecified atom stereocenters. The maximum atomic E-state index is 11.6. The van der Waals surface area contributed by atoms with Crippen LogP contribution in [0.1, 0.15) is 19.3 Å². The second-order valence-electron chi connectivity index (χ2n) is 3.53. The van der Waals surface area contributed by atoms with E-state index >= 15 is 0 Å². The Balaban J connectivity index is 2.28. The molecule has 15 heavy (non-hydrogen) atoms. The third-order valence-electron chi connectivity index (χ3n) is 2.40. The van der Waals surface area contributed by atoms with Gasteiger partial charge in [-0.25, -0.2) is 0 Å². The number of methoxy groups -OCH3 is 1. The van der Waals surface area contributed by atoms with Gasteiger partial charge in [0.15, 0.2) is 0 Å². The fraction of sp³-hybridized carbons (Fsp3) is 0.800. The van der Waals surface area contributed by atoms with E-state index in [9.17, 15) is 9.59 Å². The number of hydrogen-bond acceptors (Lipinski definition) is 4. The molecule has 1 heterocycles. The van der Waals surface area contributed by atoms with E-state index < -0.39 is 0 Å². The van der Waals surface area contributed by atoms with Crippen LogP contribution in [0.15, 0.2) is 0 Å². The highest BCUT2D eigenvalue weighted by Gasteiger charge is 2.22. The van der Waals surface area contributed by atoms with Crippen molar-refractivity contribution in [3.05, 3.63) is 0 Å². The highest BCUT2D eigenvalue weighted by molar-refractivity contribution is 5.80. The first-order valence-corrected chi connectivity index (χ1v) is 5.16. The fourth-order valence-corrected chi connectivity index (χ4v) is 1.51. The van der Waals surface area contributed by atoms with Crippen molar-refractivity contribution in [2.45, 2.75) is 19.3 Å². The first-order valence-electron chi connectivity index (χ1n) is 5.16. The van der Waals surface area contributed by atoms with E-state index in [-0.39, 0.29) is 17.8 Å². The highest BCUT2D eigenvalue weighted by Crippen LogP contribution is 2.16. The minimum absolute atomic E-state index is 0.00894. The number of ether oxygens (including phenoxy) is 2. The van der Waals surface area contributed by atoms with E-state index in [1.807, 2.05) is 0 Å². The standard InChI is InChI=1S/C10H17NO4/c1-14-7-5-11-10(13)8-2-3-9(12)15-6-4-8/h8H,2-7H2,1H3,(H,11,13). The van der Waals surface area contributed by atoms with Gasteiger partial charge in [0.25, 0.3) is 0 Å². The maximum absolute atomic E-state index is 11.6. The Hall–Kier alpha value is -1.10. The maximum Gasteiger partial charge on any atom is 0.305 e. The summed E-state index contributed by atoms with van der Waals surface area (Å²) in [5, 5.41) is 2.77. The fourth-order valence-electron chi connectivity index (χ4n) is 1.51. The zero-order chi connectivity index (χ0) is 11.1. The number of esters is 1. The molecule has 1 saturated heterocycles. The summed E-state index contributed by atoms with van der Waals surface area (Å²) < 4.78 is 9.69. The number of rotatable bonds is 4. The summed E-state index contributed by atoms with van der Waals surface area (Å²) in [4.78, 5) is 22.5. The van der Waals surface area contributed by atoms with Gasteiger partial charge in [-0.3, -0.25) is 9.59 Å². The number of carbonyl (C=O) groups excluding carboxylic acids is 2. The molecule has 0 aromatic carbocycles. The van der Waals surface area contributed by atoms with Gasteiger partial charge < -0.3 is 14.8 Å². The summed E-state index contributed by atoms with van der Waals surface area (Å²) in [7, 11) is 1.59. The van der Waals surface area contributed by atoms with Gasteiger partial charge in [-0.15, -0.1) is 0 Å². The van der Waals surface area contributed by atoms with Crippen LogP contribution in [0.4, 0.5) is 0 Å². The van der Waals surface area contributed by atoms with Gasteiger partial charge in [0.2, 0.25) is 5.91 Å². The summed E-state index contributed by atoms with van der Waals surface area (Å²) >= 11 is 0. The molecular weight excluding hydrogens is 198 g/mol. The van der Waals surface area contributed by atoms with Crippen molar-refractivity contribution < 1.29 is 19.1 Å². The topological polar surface area (TPSA) is 64.6 Å². The highest BCUT2D eigenvalue weighted by atomic mass is 16.5. The summed E-state index contributed by atoms with van der Waals surface area (Å²) in [5.74, 6) is -0.319. The van der Waals surface area contributed by atoms with Crippen LogP contribution >= 0.6 is 0 Å². The van der Waals surface area contributed by atoms with Gasteiger partial charge >= 0.3 is 5.97 Å². The molecule has 1 amide bonds. The average Bonchev–Trinajstić information content (AvgIpc) is 2.43. The van der Waals surface area contributed by atoms with Crippen molar-refractivity contribution in [1.29, 1.82) is 0 Å². The molecule has 1 atom stereocenters. The lowest BCUT2D eigenvalue weighted by atomic mass is 10.00. The van der Waals surface area contributed by atoms with Crippen molar-refractivity contribution in [3.8, 4) is 0 Å². The number of carbonyl (C=O) groups is 2. The number of nitrogens with one attached hydrogen (secondary N) is 1. The Kier molecular flexibility index (Phi) is 5.10. The van der Waals surface area contributed by atoms with Crippen LogP contribution in [0.25, 0.3) is 0 Å². The normalized spacial score (nSPS) is 21.7. The van der Waals surface area contributed by atoms with Gasteiger partial charge in [-0.2, -0.15) is 0 Å². The van der Waals surface area contributed by atoms with E-state index in [2.05, 4.69) is 5.32 Å². The number of amides is 1. The van der Waals surface area contributed by atoms with Crippen LogP contribution in [0.3, 0.4) is 0 Å². The lowest BCUT2D eigenvalue weighted by molar-refractivity contribution is -0.142. The molecule has 0 aliphatic carbocycles. The molecule has 0 saturated carbocycles. The molecule has 0 bridgehead atoms. The summed E-state index contributed by atoms with van der Waals surface area (Å²) in [6.07, 6.45) is 1.53. The van der Waals surface area contributed by atoms with Crippen molar-refractivity contribution >= 4 is 11.9 Å². The minimum Gasteiger partial charge on any atom is -0.466 e. The number of hydrogen-bond donors (Lipinski definition) is 1. The molecule has 1 rings (SSSR count). The SMILES string of the molecule is COCCNC(=O)C1CCOC(=O)CC1. The van der Waals surface area contributed by atoms with Crippen LogP contribution in [0, 0.1) is 5.92 Å². The van der Waals surface area contributed by atoms with Crippen LogP contribution in [-0.4, -0.2) is 38.7 Å². The molecule has 0 spiro atoms. The summed E-state index contributed by atoms with van der Waals surface area (Å²) in [5.41, 5.74) is 0. The molecule has 1 fully saturated rings. The van der Waals surface area contributed by atoms with Crippen LogP contribution in [0.5, 0.6) is 0 Å². The Morgan fingerprint density at radius 2 is 2.40 bits per heavy atom. The quantitative estimate of drug-likeness (QED) is 0.533.